The van der Waals surface area contributed by atoms with E-state index in [4.69, 9.17) is 10.5 Å². The van der Waals surface area contributed by atoms with Crippen molar-refractivity contribution in [3.63, 3.8) is 0 Å². The second kappa shape index (κ2) is 7.55. The van der Waals surface area contributed by atoms with Crippen molar-refractivity contribution >= 4 is 11.7 Å². The molecule has 1 N–H and O–H groups in total. The fraction of sp³-hybridized carbons (Fsp3) is 0.286. The minimum atomic E-state index is -0.0701. The zero-order chi connectivity index (χ0) is 15.0. The summed E-state index contributed by atoms with van der Waals surface area (Å²) in [4.78, 5) is 17.8. The predicted octanol–water partition coefficient (Wildman–Crippen LogP) is 1.91. The molecule has 0 saturated heterocycles. The molecule has 0 unspecified atom stereocenters. The van der Waals surface area contributed by atoms with Crippen LogP contribution in [-0.4, -0.2) is 28.9 Å². The van der Waals surface area contributed by atoms with Crippen LogP contribution in [0.2, 0.25) is 0 Å². The van der Waals surface area contributed by atoms with Crippen LogP contribution in [0.4, 0.5) is 5.82 Å². The lowest BCUT2D eigenvalue weighted by Gasteiger charge is -2.18. The molecular weight excluding hydrogens is 254 g/mol. The van der Waals surface area contributed by atoms with Gasteiger partial charge in [-0.05, 0) is 26.0 Å². The molecular formula is C14H15N5O. The largest absolute Gasteiger partial charge is 0.345 e. The van der Waals surface area contributed by atoms with Crippen LogP contribution in [-0.2, 0) is 0 Å². The maximum Gasteiger partial charge on any atom is 0.255 e. The molecule has 102 valence electrons. The zero-order valence-corrected chi connectivity index (χ0v) is 11.4. The third kappa shape index (κ3) is 3.82. The van der Waals surface area contributed by atoms with Gasteiger partial charge in [-0.2, -0.15) is 10.5 Å². The molecule has 0 aliphatic heterocycles. The van der Waals surface area contributed by atoms with E-state index in [-0.39, 0.29) is 11.5 Å². The molecule has 6 heteroatoms. The summed E-state index contributed by atoms with van der Waals surface area (Å²) in [5, 5.41) is 19.9. The Morgan fingerprint density at radius 1 is 1.35 bits per heavy atom. The van der Waals surface area contributed by atoms with E-state index in [0.29, 0.717) is 24.5 Å². The van der Waals surface area contributed by atoms with Crippen molar-refractivity contribution in [2.75, 3.05) is 18.4 Å². The summed E-state index contributed by atoms with van der Waals surface area (Å²) in [6.45, 7) is 5.12. The van der Waals surface area contributed by atoms with Gasteiger partial charge >= 0.3 is 0 Å². The third-order valence-electron chi connectivity index (χ3n) is 2.67. The first kappa shape index (κ1) is 15.2. The molecule has 0 aromatic carbocycles. The summed E-state index contributed by atoms with van der Waals surface area (Å²) < 4.78 is 0. The minimum Gasteiger partial charge on any atom is -0.345 e. The second-order valence-corrected chi connectivity index (χ2v) is 3.84. The molecule has 0 aliphatic carbocycles. The summed E-state index contributed by atoms with van der Waals surface area (Å²) in [6, 6.07) is 6.74. The molecule has 1 aromatic heterocycles. The first-order valence-corrected chi connectivity index (χ1v) is 6.18. The second-order valence-electron chi connectivity index (χ2n) is 3.84. The number of pyridine rings is 1. The van der Waals surface area contributed by atoms with Crippen LogP contribution in [0.25, 0.3) is 0 Å². The number of aromatic nitrogens is 1. The van der Waals surface area contributed by atoms with E-state index in [2.05, 4.69) is 10.3 Å². The highest BCUT2D eigenvalue weighted by Gasteiger charge is 2.12. The third-order valence-corrected chi connectivity index (χ3v) is 2.67. The number of anilines is 1. The molecule has 0 atom stereocenters. The van der Waals surface area contributed by atoms with E-state index in [1.165, 1.54) is 12.4 Å². The number of rotatable bonds is 5. The van der Waals surface area contributed by atoms with Crippen molar-refractivity contribution in [3.8, 4) is 12.1 Å². The summed E-state index contributed by atoms with van der Waals surface area (Å²) >= 11 is 0. The van der Waals surface area contributed by atoms with Crippen LogP contribution in [0.3, 0.4) is 0 Å². The lowest BCUT2D eigenvalue weighted by atomic mass is 10.2. The molecule has 20 heavy (non-hydrogen) atoms. The van der Waals surface area contributed by atoms with Crippen molar-refractivity contribution in [1.82, 2.24) is 9.88 Å². The SMILES string of the molecule is CCN(CC)C(=O)c1ccc(NC=C(C#N)C#N)nc1. The van der Waals surface area contributed by atoms with Crippen molar-refractivity contribution in [1.29, 1.82) is 10.5 Å². The van der Waals surface area contributed by atoms with Gasteiger partial charge in [-0.15, -0.1) is 0 Å². The molecule has 1 aromatic rings. The maximum atomic E-state index is 12.0. The average molecular weight is 269 g/mol. The fourth-order valence-corrected chi connectivity index (χ4v) is 1.53. The number of carbonyl (C=O) groups excluding carboxylic acids is 1. The van der Waals surface area contributed by atoms with Gasteiger partial charge in [0.2, 0.25) is 0 Å². The highest BCUT2D eigenvalue weighted by atomic mass is 16.2. The minimum absolute atomic E-state index is 0.0462. The molecule has 0 fully saturated rings. The molecule has 0 aliphatic rings. The zero-order valence-electron chi connectivity index (χ0n) is 11.4. The van der Waals surface area contributed by atoms with Crippen molar-refractivity contribution < 1.29 is 4.79 Å². The average Bonchev–Trinajstić information content (AvgIpc) is 2.50. The van der Waals surface area contributed by atoms with Gasteiger partial charge in [-0.3, -0.25) is 4.79 Å². The Bertz CT molecular complexity index is 557. The van der Waals surface area contributed by atoms with Crippen LogP contribution in [0.1, 0.15) is 24.2 Å². The highest BCUT2D eigenvalue weighted by Crippen LogP contribution is 2.08. The number of allylic oxidation sites excluding steroid dienone is 1. The Kier molecular flexibility index (Phi) is 5.74. The van der Waals surface area contributed by atoms with E-state index in [0.717, 1.165) is 0 Å². The number of nitriles is 2. The Morgan fingerprint density at radius 3 is 2.45 bits per heavy atom. The summed E-state index contributed by atoms with van der Waals surface area (Å²) in [5.41, 5.74) is 0.458. The van der Waals surface area contributed by atoms with Gasteiger partial charge in [0.25, 0.3) is 5.91 Å². The van der Waals surface area contributed by atoms with Gasteiger partial charge in [0.05, 0.1) is 5.56 Å². The fourth-order valence-electron chi connectivity index (χ4n) is 1.53. The van der Waals surface area contributed by atoms with Crippen molar-refractivity contribution in [2.24, 2.45) is 0 Å². The molecule has 0 spiro atoms. The number of hydrogen-bond donors (Lipinski definition) is 1. The van der Waals surface area contributed by atoms with Crippen molar-refractivity contribution in [3.05, 3.63) is 35.7 Å². The molecule has 0 bridgehead atoms. The first-order valence-electron chi connectivity index (χ1n) is 6.18. The van der Waals surface area contributed by atoms with Crippen molar-refractivity contribution in [2.45, 2.75) is 13.8 Å². The highest BCUT2D eigenvalue weighted by molar-refractivity contribution is 5.94. The quantitative estimate of drug-likeness (QED) is 0.824. The normalized spacial score (nSPS) is 9.00. The summed E-state index contributed by atoms with van der Waals surface area (Å²) in [7, 11) is 0. The lowest BCUT2D eigenvalue weighted by molar-refractivity contribution is 0.0772. The molecule has 6 nitrogen and oxygen atoms in total. The number of carbonyl (C=O) groups is 1. The monoisotopic (exact) mass is 269 g/mol. The topological polar surface area (TPSA) is 92.8 Å². The Hall–Kier alpha value is -2.86. The Labute approximate surface area is 118 Å². The van der Waals surface area contributed by atoms with Crippen LogP contribution in [0.5, 0.6) is 0 Å². The predicted molar refractivity (Wildman–Crippen MR) is 74.4 cm³/mol. The number of amides is 1. The molecule has 0 saturated carbocycles. The maximum absolute atomic E-state index is 12.0. The van der Waals surface area contributed by atoms with E-state index in [1.807, 2.05) is 13.8 Å². The van der Waals surface area contributed by atoms with Gasteiger partial charge in [0.15, 0.2) is 0 Å². The van der Waals surface area contributed by atoms with E-state index < -0.39 is 0 Å². The molecule has 0 radical (unpaired) electrons. The number of nitrogens with one attached hydrogen (secondary N) is 1. The lowest BCUT2D eigenvalue weighted by Crippen LogP contribution is -2.30. The number of nitrogens with zero attached hydrogens (tertiary/aromatic N) is 4. The smallest absolute Gasteiger partial charge is 0.255 e. The van der Waals surface area contributed by atoms with Gasteiger partial charge in [0, 0.05) is 25.5 Å². The first-order chi connectivity index (χ1) is 9.65. The van der Waals surface area contributed by atoms with Gasteiger partial charge in [0.1, 0.15) is 23.5 Å². The van der Waals surface area contributed by atoms with Gasteiger partial charge < -0.3 is 10.2 Å². The summed E-state index contributed by atoms with van der Waals surface area (Å²) in [6.07, 6.45) is 2.74. The van der Waals surface area contributed by atoms with Crippen LogP contribution >= 0.6 is 0 Å². The Balaban J connectivity index is 2.80. The summed E-state index contributed by atoms with van der Waals surface area (Å²) in [5.74, 6) is 0.392. The van der Waals surface area contributed by atoms with E-state index >= 15 is 0 Å². The Morgan fingerprint density at radius 2 is 2.00 bits per heavy atom. The van der Waals surface area contributed by atoms with E-state index in [9.17, 15) is 4.79 Å². The molecule has 1 amide bonds. The van der Waals surface area contributed by atoms with Crippen LogP contribution in [0.15, 0.2) is 30.1 Å². The van der Waals surface area contributed by atoms with Gasteiger partial charge in [-0.1, -0.05) is 0 Å². The van der Waals surface area contributed by atoms with Gasteiger partial charge in [-0.25, -0.2) is 4.98 Å². The standard InChI is InChI=1S/C14H15N5O/c1-3-19(4-2)14(20)12-5-6-13(18-10-12)17-9-11(7-15)8-16/h5-6,9-10H,3-4H2,1-2H3,(H,17,18). The molecule has 1 heterocycles. The number of hydrogen-bond acceptors (Lipinski definition) is 5. The molecule has 1 rings (SSSR count). The van der Waals surface area contributed by atoms with Crippen LogP contribution < -0.4 is 5.32 Å². The van der Waals surface area contributed by atoms with E-state index in [1.54, 1.807) is 29.2 Å². The van der Waals surface area contributed by atoms with Crippen LogP contribution in [0, 0.1) is 22.7 Å².